The van der Waals surface area contributed by atoms with Crippen LogP contribution in [0.2, 0.25) is 10.0 Å². The third-order valence-electron chi connectivity index (χ3n) is 3.62. The van der Waals surface area contributed by atoms with Gasteiger partial charge in [0.2, 0.25) is 5.91 Å². The maximum atomic E-state index is 12.6. The second-order valence-electron chi connectivity index (χ2n) is 5.79. The van der Waals surface area contributed by atoms with E-state index in [1.807, 2.05) is 0 Å². The van der Waals surface area contributed by atoms with E-state index in [0.717, 1.165) is 0 Å². The average molecular weight is 435 g/mol. The Kier molecular flexibility index (Phi) is 7.09. The lowest BCUT2D eigenvalue weighted by atomic mass is 10.0. The molecule has 150 valence electrons. The molecule has 2 aromatic rings. The van der Waals surface area contributed by atoms with Gasteiger partial charge in [-0.25, -0.2) is 4.98 Å². The Bertz CT molecular complexity index is 860. The molecule has 2 amide bonds. The summed E-state index contributed by atoms with van der Waals surface area (Å²) in [6, 6.07) is 5.99. The van der Waals surface area contributed by atoms with E-state index in [9.17, 15) is 22.8 Å². The van der Waals surface area contributed by atoms with Crippen LogP contribution >= 0.6 is 23.2 Å². The summed E-state index contributed by atoms with van der Waals surface area (Å²) in [6.07, 6.45) is -3.93. The maximum Gasteiger partial charge on any atom is 0.471 e. The fourth-order valence-corrected chi connectivity index (χ4v) is 2.53. The number of amides is 2. The molecule has 28 heavy (non-hydrogen) atoms. The van der Waals surface area contributed by atoms with E-state index in [0.29, 0.717) is 11.1 Å². The van der Waals surface area contributed by atoms with E-state index in [4.69, 9.17) is 28.9 Å². The van der Waals surface area contributed by atoms with Crippen LogP contribution in [0.15, 0.2) is 36.5 Å². The summed E-state index contributed by atoms with van der Waals surface area (Å²) in [7, 11) is 0. The number of carbonyl (C=O) groups excluding carboxylic acids is 2. The summed E-state index contributed by atoms with van der Waals surface area (Å²) >= 11 is 11.7. The molecule has 0 aliphatic heterocycles. The van der Waals surface area contributed by atoms with Crippen LogP contribution in [-0.4, -0.2) is 29.0 Å². The lowest BCUT2D eigenvalue weighted by Gasteiger charge is -2.19. The lowest BCUT2D eigenvalue weighted by Crippen LogP contribution is -2.51. The minimum atomic E-state index is -5.13. The third kappa shape index (κ3) is 6.28. The zero-order valence-electron chi connectivity index (χ0n) is 14.2. The van der Waals surface area contributed by atoms with Gasteiger partial charge in [-0.05, 0) is 29.3 Å². The van der Waals surface area contributed by atoms with Crippen molar-refractivity contribution in [1.29, 1.82) is 0 Å². The Morgan fingerprint density at radius 3 is 2.36 bits per heavy atom. The van der Waals surface area contributed by atoms with Crippen molar-refractivity contribution in [2.24, 2.45) is 0 Å². The number of benzene rings is 1. The van der Waals surface area contributed by atoms with Gasteiger partial charge >= 0.3 is 12.1 Å². The van der Waals surface area contributed by atoms with Gasteiger partial charge < -0.3 is 16.4 Å². The van der Waals surface area contributed by atoms with E-state index >= 15 is 0 Å². The van der Waals surface area contributed by atoms with Gasteiger partial charge in [-0.15, -0.1) is 0 Å². The Hall–Kier alpha value is -2.52. The molecule has 1 heterocycles. The number of nitrogens with one attached hydrogen (secondary N) is 2. The number of hydrogen-bond acceptors (Lipinski definition) is 4. The summed E-state index contributed by atoms with van der Waals surface area (Å²) in [6.45, 7) is -0.00806. The minimum Gasteiger partial charge on any atom is -0.384 e. The number of pyridine rings is 1. The second kappa shape index (κ2) is 9.11. The number of nitrogens with zero attached hydrogens (tertiary/aromatic N) is 1. The quantitative estimate of drug-likeness (QED) is 0.650. The van der Waals surface area contributed by atoms with Crippen LogP contribution in [0, 0.1) is 0 Å². The molecule has 1 aromatic heterocycles. The molecular weight excluding hydrogens is 420 g/mol. The van der Waals surface area contributed by atoms with Gasteiger partial charge in [0.05, 0.1) is 10.0 Å². The van der Waals surface area contributed by atoms with E-state index in [-0.39, 0.29) is 28.8 Å². The topological polar surface area (TPSA) is 97.1 Å². The molecule has 0 saturated carbocycles. The molecule has 0 aliphatic rings. The number of hydrogen-bond donors (Lipinski definition) is 3. The molecule has 0 unspecified atom stereocenters. The molecule has 0 spiro atoms. The summed E-state index contributed by atoms with van der Waals surface area (Å²) < 4.78 is 37.8. The van der Waals surface area contributed by atoms with Crippen LogP contribution in [0.25, 0.3) is 0 Å². The molecule has 0 bridgehead atoms. The molecule has 11 heteroatoms. The number of nitrogens with two attached hydrogens (primary N) is 1. The van der Waals surface area contributed by atoms with Crippen molar-refractivity contribution in [3.63, 3.8) is 0 Å². The van der Waals surface area contributed by atoms with Crippen LogP contribution in [0.1, 0.15) is 11.1 Å². The number of halogens is 5. The highest BCUT2D eigenvalue weighted by Gasteiger charge is 2.40. The molecule has 6 nitrogen and oxygen atoms in total. The molecule has 0 fully saturated rings. The third-order valence-corrected chi connectivity index (χ3v) is 4.36. The number of carbonyl (C=O) groups is 2. The van der Waals surface area contributed by atoms with Crippen LogP contribution in [0.5, 0.6) is 0 Å². The lowest BCUT2D eigenvalue weighted by molar-refractivity contribution is -0.174. The largest absolute Gasteiger partial charge is 0.471 e. The summed E-state index contributed by atoms with van der Waals surface area (Å²) in [5, 5.41) is 4.58. The van der Waals surface area contributed by atoms with E-state index in [2.05, 4.69) is 10.3 Å². The Morgan fingerprint density at radius 2 is 1.79 bits per heavy atom. The van der Waals surface area contributed by atoms with E-state index in [1.165, 1.54) is 30.5 Å². The fourth-order valence-electron chi connectivity index (χ4n) is 2.20. The molecule has 0 saturated heterocycles. The highest BCUT2D eigenvalue weighted by atomic mass is 35.5. The normalized spacial score (nSPS) is 12.3. The summed E-state index contributed by atoms with van der Waals surface area (Å²) in [5.41, 5.74) is 6.47. The summed E-state index contributed by atoms with van der Waals surface area (Å²) in [4.78, 5) is 27.6. The number of anilines is 1. The van der Waals surface area contributed by atoms with Gasteiger partial charge in [0.25, 0.3) is 0 Å². The zero-order chi connectivity index (χ0) is 20.9. The molecule has 1 atom stereocenters. The van der Waals surface area contributed by atoms with Crippen molar-refractivity contribution in [3.8, 4) is 0 Å². The van der Waals surface area contributed by atoms with Crippen molar-refractivity contribution >= 4 is 40.8 Å². The van der Waals surface area contributed by atoms with Crippen LogP contribution < -0.4 is 16.4 Å². The van der Waals surface area contributed by atoms with Crippen molar-refractivity contribution in [2.75, 3.05) is 5.73 Å². The van der Waals surface area contributed by atoms with Gasteiger partial charge in [-0.1, -0.05) is 35.3 Å². The second-order valence-corrected chi connectivity index (χ2v) is 6.60. The van der Waals surface area contributed by atoms with Crippen LogP contribution in [0.3, 0.4) is 0 Å². The van der Waals surface area contributed by atoms with Gasteiger partial charge in [-0.3, -0.25) is 9.59 Å². The average Bonchev–Trinajstić information content (AvgIpc) is 2.62. The van der Waals surface area contributed by atoms with Crippen molar-refractivity contribution < 1.29 is 22.8 Å². The molecule has 4 N–H and O–H groups in total. The molecular formula is C17H15Cl2F3N4O2. The van der Waals surface area contributed by atoms with Crippen molar-refractivity contribution in [3.05, 3.63) is 57.7 Å². The first kappa shape index (κ1) is 21.8. The van der Waals surface area contributed by atoms with Crippen molar-refractivity contribution in [2.45, 2.75) is 25.2 Å². The number of nitrogen functional groups attached to an aromatic ring is 1. The van der Waals surface area contributed by atoms with Gasteiger partial charge in [0.15, 0.2) is 0 Å². The molecule has 2 rings (SSSR count). The Morgan fingerprint density at radius 1 is 1.11 bits per heavy atom. The van der Waals surface area contributed by atoms with Crippen LogP contribution in [0.4, 0.5) is 19.0 Å². The monoisotopic (exact) mass is 434 g/mol. The number of alkyl halides is 3. The highest BCUT2D eigenvalue weighted by molar-refractivity contribution is 6.42. The predicted octanol–water partition coefficient (Wildman–Crippen LogP) is 2.88. The van der Waals surface area contributed by atoms with Crippen molar-refractivity contribution in [1.82, 2.24) is 15.6 Å². The Labute approximate surface area is 168 Å². The fraction of sp³-hybridized carbons (Fsp3) is 0.235. The van der Waals surface area contributed by atoms with E-state index in [1.54, 1.807) is 11.4 Å². The zero-order valence-corrected chi connectivity index (χ0v) is 15.7. The van der Waals surface area contributed by atoms with E-state index < -0.39 is 24.0 Å². The summed E-state index contributed by atoms with van der Waals surface area (Å²) in [5.74, 6) is -2.74. The van der Waals surface area contributed by atoms with Gasteiger partial charge in [0, 0.05) is 19.2 Å². The smallest absolute Gasteiger partial charge is 0.384 e. The van der Waals surface area contributed by atoms with Gasteiger partial charge in [-0.2, -0.15) is 13.2 Å². The maximum absolute atomic E-state index is 12.6. The molecule has 1 aromatic carbocycles. The predicted molar refractivity (Wildman–Crippen MR) is 98.6 cm³/mol. The first-order chi connectivity index (χ1) is 13.1. The first-order valence-electron chi connectivity index (χ1n) is 7.86. The molecule has 0 radical (unpaired) electrons. The Balaban J connectivity index is 2.13. The number of rotatable bonds is 6. The SMILES string of the molecule is Nc1ccc(CNC(=O)[C@H](Cc2ccc(Cl)c(Cl)c2)NC(=O)C(F)(F)F)cn1. The number of aromatic nitrogens is 1. The van der Waals surface area contributed by atoms with Crippen LogP contribution in [-0.2, 0) is 22.6 Å². The van der Waals surface area contributed by atoms with Gasteiger partial charge in [0.1, 0.15) is 11.9 Å². The minimum absolute atomic E-state index is 0.00806. The molecule has 0 aliphatic carbocycles. The highest BCUT2D eigenvalue weighted by Crippen LogP contribution is 2.23. The standard InChI is InChI=1S/C17H15Cl2F3N4O2/c18-11-3-1-9(5-12(11)19)6-13(26-16(28)17(20,21)22)15(27)25-8-10-2-4-14(23)24-7-10/h1-5,7,13H,6,8H2,(H2,23,24)(H,25,27)(H,26,28)/t13-/m0/s1. The first-order valence-corrected chi connectivity index (χ1v) is 8.61.